The molecule has 2 aromatic heterocycles. The number of hydrogen-bond acceptors (Lipinski definition) is 3. The molecular formula is C15H23N5O. The van der Waals surface area contributed by atoms with Gasteiger partial charge in [-0.15, -0.1) is 0 Å². The number of carbonyl (C=O) groups excluding carboxylic acids is 1. The predicted octanol–water partition coefficient (Wildman–Crippen LogP) is 1.90. The quantitative estimate of drug-likeness (QED) is 0.935. The molecule has 1 N–H and O–H groups in total. The fourth-order valence-electron chi connectivity index (χ4n) is 2.42. The van der Waals surface area contributed by atoms with Crippen molar-refractivity contribution in [3.63, 3.8) is 0 Å². The van der Waals surface area contributed by atoms with Crippen LogP contribution in [0.4, 0.5) is 0 Å². The van der Waals surface area contributed by atoms with Crippen LogP contribution in [0.15, 0.2) is 12.4 Å². The van der Waals surface area contributed by atoms with Gasteiger partial charge in [0.05, 0.1) is 11.6 Å². The van der Waals surface area contributed by atoms with Crippen molar-refractivity contribution < 1.29 is 4.79 Å². The van der Waals surface area contributed by atoms with Crippen LogP contribution in [0.25, 0.3) is 0 Å². The molecule has 0 aliphatic carbocycles. The van der Waals surface area contributed by atoms with Crippen LogP contribution in [-0.2, 0) is 14.1 Å². The molecule has 0 aromatic carbocycles. The first-order valence-electron chi connectivity index (χ1n) is 7.10. The van der Waals surface area contributed by atoms with Crippen molar-refractivity contribution >= 4 is 5.91 Å². The monoisotopic (exact) mass is 289 g/mol. The Hall–Kier alpha value is -2.11. The van der Waals surface area contributed by atoms with Gasteiger partial charge in [0.2, 0.25) is 0 Å². The molecule has 0 bridgehead atoms. The second-order valence-electron chi connectivity index (χ2n) is 5.78. The average molecular weight is 289 g/mol. The van der Waals surface area contributed by atoms with Gasteiger partial charge < -0.3 is 9.88 Å². The van der Waals surface area contributed by atoms with E-state index >= 15 is 0 Å². The van der Waals surface area contributed by atoms with Crippen molar-refractivity contribution in [3.8, 4) is 0 Å². The first kappa shape index (κ1) is 15.3. The highest BCUT2D eigenvalue weighted by atomic mass is 16.1. The smallest absolute Gasteiger partial charge is 0.253 e. The molecule has 1 atom stereocenters. The van der Waals surface area contributed by atoms with Gasteiger partial charge >= 0.3 is 0 Å². The first-order valence-corrected chi connectivity index (χ1v) is 7.10. The molecule has 0 spiro atoms. The summed E-state index contributed by atoms with van der Waals surface area (Å²) in [5, 5.41) is 7.17. The summed E-state index contributed by atoms with van der Waals surface area (Å²) in [6, 6.07) is 1.75. The maximum Gasteiger partial charge on any atom is 0.253 e. The van der Waals surface area contributed by atoms with E-state index in [0.29, 0.717) is 5.56 Å². The number of aryl methyl sites for hydroxylation is 2. The van der Waals surface area contributed by atoms with Gasteiger partial charge in [-0.1, -0.05) is 13.8 Å². The van der Waals surface area contributed by atoms with E-state index in [1.165, 1.54) is 6.33 Å². The zero-order valence-electron chi connectivity index (χ0n) is 13.5. The molecule has 6 heteroatoms. The number of nitrogens with one attached hydrogen (secondary N) is 1. The van der Waals surface area contributed by atoms with Gasteiger partial charge in [-0.05, 0) is 25.8 Å². The van der Waals surface area contributed by atoms with E-state index in [4.69, 9.17) is 0 Å². The average Bonchev–Trinajstić information content (AvgIpc) is 2.95. The molecule has 0 aliphatic rings. The molecule has 0 fully saturated rings. The Kier molecular flexibility index (Phi) is 4.16. The molecule has 2 aromatic rings. The van der Waals surface area contributed by atoms with E-state index in [1.54, 1.807) is 4.68 Å². The van der Waals surface area contributed by atoms with Gasteiger partial charge in [0.15, 0.2) is 0 Å². The third-order valence-corrected chi connectivity index (χ3v) is 4.00. The largest absolute Gasteiger partial charge is 0.351 e. The predicted molar refractivity (Wildman–Crippen MR) is 80.9 cm³/mol. The molecule has 114 valence electrons. The lowest BCUT2D eigenvalue weighted by Gasteiger charge is -2.21. The van der Waals surface area contributed by atoms with Gasteiger partial charge in [0.25, 0.3) is 5.91 Å². The van der Waals surface area contributed by atoms with Crippen LogP contribution in [0.3, 0.4) is 0 Å². The van der Waals surface area contributed by atoms with Gasteiger partial charge in [0.1, 0.15) is 12.2 Å². The molecule has 0 aliphatic heterocycles. The number of nitrogens with zero attached hydrogens (tertiary/aromatic N) is 4. The molecule has 2 heterocycles. The van der Waals surface area contributed by atoms with E-state index < -0.39 is 0 Å². The molecule has 21 heavy (non-hydrogen) atoms. The van der Waals surface area contributed by atoms with Crippen LogP contribution in [0.2, 0.25) is 0 Å². The second kappa shape index (κ2) is 5.71. The number of hydrogen-bond donors (Lipinski definition) is 1. The van der Waals surface area contributed by atoms with Crippen LogP contribution in [0.1, 0.15) is 47.5 Å². The zero-order chi connectivity index (χ0) is 15.7. The lowest BCUT2D eigenvalue weighted by atomic mass is 10.0. The highest BCUT2D eigenvalue weighted by Crippen LogP contribution is 2.21. The molecule has 0 saturated carbocycles. The topological polar surface area (TPSA) is 64.7 Å². The van der Waals surface area contributed by atoms with E-state index in [0.717, 1.165) is 17.2 Å². The van der Waals surface area contributed by atoms with Crippen molar-refractivity contribution in [2.75, 3.05) is 0 Å². The highest BCUT2D eigenvalue weighted by molar-refractivity contribution is 5.95. The fraction of sp³-hybridized carbons (Fsp3) is 0.533. The lowest BCUT2D eigenvalue weighted by molar-refractivity contribution is 0.0921. The molecule has 2 rings (SSSR count). The number of rotatable bonds is 4. The van der Waals surface area contributed by atoms with Gasteiger partial charge in [-0.3, -0.25) is 9.48 Å². The Bertz CT molecular complexity index is 653. The van der Waals surface area contributed by atoms with E-state index in [-0.39, 0.29) is 17.9 Å². The normalized spacial score (nSPS) is 12.7. The summed E-state index contributed by atoms with van der Waals surface area (Å²) in [6.45, 7) is 8.06. The third kappa shape index (κ3) is 2.84. The summed E-state index contributed by atoms with van der Waals surface area (Å²) in [5.74, 6) is 0.920. The minimum atomic E-state index is -0.162. The molecule has 0 radical (unpaired) electrons. The second-order valence-corrected chi connectivity index (χ2v) is 5.78. The van der Waals surface area contributed by atoms with Gasteiger partial charge in [-0.25, -0.2) is 4.98 Å². The van der Waals surface area contributed by atoms with Crippen molar-refractivity contribution in [3.05, 3.63) is 35.2 Å². The van der Waals surface area contributed by atoms with Crippen LogP contribution in [0, 0.1) is 19.8 Å². The Balaban J connectivity index is 2.27. The molecule has 0 saturated heterocycles. The number of aromatic nitrogens is 4. The lowest BCUT2D eigenvalue weighted by Crippen LogP contribution is -2.33. The SMILES string of the molecule is Cc1cc(C(=O)N[C@@H](c2ncnn2C)C(C)C)c(C)n1C. The summed E-state index contributed by atoms with van der Waals surface area (Å²) in [5.41, 5.74) is 2.74. The standard InChI is InChI=1S/C15H23N5O/c1-9(2)13(14-16-8-17-20(14)6)18-15(21)12-7-10(3)19(5)11(12)4/h7-9,13H,1-6H3,(H,18,21)/t13-/m1/s1. The minimum Gasteiger partial charge on any atom is -0.351 e. The summed E-state index contributed by atoms with van der Waals surface area (Å²) in [4.78, 5) is 16.8. The van der Waals surface area contributed by atoms with Crippen LogP contribution >= 0.6 is 0 Å². The fourth-order valence-corrected chi connectivity index (χ4v) is 2.42. The molecule has 1 amide bonds. The summed E-state index contributed by atoms with van der Waals surface area (Å²) in [7, 11) is 3.80. The summed E-state index contributed by atoms with van der Waals surface area (Å²) in [6.07, 6.45) is 1.51. The Morgan fingerprint density at radius 1 is 1.29 bits per heavy atom. The Labute approximate surface area is 125 Å². The van der Waals surface area contributed by atoms with Crippen molar-refractivity contribution in [2.45, 2.75) is 33.7 Å². The third-order valence-electron chi connectivity index (χ3n) is 4.00. The summed E-state index contributed by atoms with van der Waals surface area (Å²) < 4.78 is 3.72. The van der Waals surface area contributed by atoms with Crippen LogP contribution in [-0.4, -0.2) is 25.2 Å². The van der Waals surface area contributed by atoms with Crippen molar-refractivity contribution in [2.24, 2.45) is 20.0 Å². The number of carbonyl (C=O) groups is 1. The van der Waals surface area contributed by atoms with E-state index in [1.807, 2.05) is 38.6 Å². The molecule has 6 nitrogen and oxygen atoms in total. The zero-order valence-corrected chi connectivity index (χ0v) is 13.5. The molecule has 0 unspecified atom stereocenters. The van der Waals surface area contributed by atoms with Gasteiger partial charge in [-0.2, -0.15) is 5.10 Å². The Morgan fingerprint density at radius 3 is 2.38 bits per heavy atom. The van der Waals surface area contributed by atoms with Crippen molar-refractivity contribution in [1.29, 1.82) is 0 Å². The maximum absolute atomic E-state index is 12.6. The van der Waals surface area contributed by atoms with Gasteiger partial charge in [0, 0.05) is 25.5 Å². The number of amides is 1. The Morgan fingerprint density at radius 2 is 1.95 bits per heavy atom. The van der Waals surface area contributed by atoms with Crippen molar-refractivity contribution in [1.82, 2.24) is 24.6 Å². The van der Waals surface area contributed by atoms with Crippen LogP contribution in [0.5, 0.6) is 0 Å². The first-order chi connectivity index (χ1) is 9.82. The maximum atomic E-state index is 12.6. The van der Waals surface area contributed by atoms with E-state index in [9.17, 15) is 4.79 Å². The highest BCUT2D eigenvalue weighted by Gasteiger charge is 2.24. The minimum absolute atomic E-state index is 0.0714. The van der Waals surface area contributed by atoms with E-state index in [2.05, 4.69) is 29.2 Å². The summed E-state index contributed by atoms with van der Waals surface area (Å²) >= 11 is 0. The molecular weight excluding hydrogens is 266 g/mol. The van der Waals surface area contributed by atoms with Crippen LogP contribution < -0.4 is 5.32 Å².